The third-order valence-corrected chi connectivity index (χ3v) is 5.47. The van der Waals surface area contributed by atoms with Crippen LogP contribution >= 0.6 is 0 Å². The van der Waals surface area contributed by atoms with Crippen molar-refractivity contribution in [3.05, 3.63) is 71.8 Å². The number of benzene rings is 2. The van der Waals surface area contributed by atoms with Crippen LogP contribution in [0, 0.1) is 13.8 Å². The average Bonchev–Trinajstić information content (AvgIpc) is 2.56. The van der Waals surface area contributed by atoms with E-state index in [1.165, 1.54) is 4.31 Å². The van der Waals surface area contributed by atoms with E-state index >= 15 is 0 Å². The molecule has 0 saturated heterocycles. The lowest BCUT2D eigenvalue weighted by molar-refractivity contribution is 0.302. The van der Waals surface area contributed by atoms with Crippen molar-refractivity contribution in [1.29, 1.82) is 0 Å². The van der Waals surface area contributed by atoms with Gasteiger partial charge in [-0.3, -0.25) is 4.31 Å². The molecule has 0 aliphatic carbocycles. The molecule has 0 unspecified atom stereocenters. The second-order valence-electron chi connectivity index (χ2n) is 5.67. The predicted octanol–water partition coefficient (Wildman–Crippen LogP) is 3.44. The molecule has 2 rings (SSSR count). The molecule has 0 radical (unpaired) electrons. The summed E-state index contributed by atoms with van der Waals surface area (Å²) in [5.74, 6) is 0. The van der Waals surface area contributed by atoms with E-state index in [0.29, 0.717) is 12.1 Å². The molecule has 2 aromatic rings. The molecule has 0 amide bonds. The molecule has 24 heavy (non-hydrogen) atoms. The summed E-state index contributed by atoms with van der Waals surface area (Å²) < 4.78 is 27.5. The van der Waals surface area contributed by atoms with Gasteiger partial charge in [-0.15, -0.1) is 0 Å². The number of sulfonamides is 1. The summed E-state index contributed by atoms with van der Waals surface area (Å²) in [6.07, 6.45) is 4.06. The third kappa shape index (κ3) is 4.46. The van der Waals surface area contributed by atoms with Gasteiger partial charge in [0.1, 0.15) is 0 Å². The molecule has 0 spiro atoms. The monoisotopic (exact) mass is 345 g/mol. The highest BCUT2D eigenvalue weighted by Gasteiger charge is 2.23. The van der Waals surface area contributed by atoms with Crippen LogP contribution in [-0.4, -0.2) is 26.7 Å². The zero-order valence-electron chi connectivity index (χ0n) is 14.0. The standard InChI is InChI=1S/C19H23NO3S/c1-16-6-10-18(11-7-16)20(14-4-3-5-15-21)24(22,23)19-12-8-17(2)9-13-19/h3-4,6-13,21H,5,14-15H2,1-2H3/b4-3+. The number of rotatable bonds is 7. The fraction of sp³-hybridized carbons (Fsp3) is 0.263. The fourth-order valence-corrected chi connectivity index (χ4v) is 3.67. The Kier molecular flexibility index (Phi) is 6.17. The van der Waals surface area contributed by atoms with Crippen LogP contribution in [0.5, 0.6) is 0 Å². The Bertz CT molecular complexity index is 778. The van der Waals surface area contributed by atoms with Crippen molar-refractivity contribution in [1.82, 2.24) is 0 Å². The molecular formula is C19H23NO3S. The SMILES string of the molecule is Cc1ccc(N(C/C=C/CCO)S(=O)(=O)c2ccc(C)cc2)cc1. The molecule has 1 N–H and O–H groups in total. The largest absolute Gasteiger partial charge is 0.396 e. The maximum Gasteiger partial charge on any atom is 0.264 e. The van der Waals surface area contributed by atoms with E-state index in [1.54, 1.807) is 48.6 Å². The lowest BCUT2D eigenvalue weighted by Gasteiger charge is -2.23. The summed E-state index contributed by atoms with van der Waals surface area (Å²) >= 11 is 0. The molecule has 4 nitrogen and oxygen atoms in total. The first kappa shape index (κ1) is 18.2. The topological polar surface area (TPSA) is 57.6 Å². The van der Waals surface area contributed by atoms with Gasteiger partial charge in [-0.05, 0) is 44.5 Å². The number of aliphatic hydroxyl groups excluding tert-OH is 1. The highest BCUT2D eigenvalue weighted by Crippen LogP contribution is 2.24. The summed E-state index contributed by atoms with van der Waals surface area (Å²) in [6.45, 7) is 4.15. The highest BCUT2D eigenvalue weighted by atomic mass is 32.2. The number of anilines is 1. The molecule has 0 aliphatic rings. The molecule has 5 heteroatoms. The Morgan fingerprint density at radius 3 is 2.00 bits per heavy atom. The van der Waals surface area contributed by atoms with Crippen molar-refractivity contribution in [2.45, 2.75) is 25.2 Å². The van der Waals surface area contributed by atoms with Crippen LogP contribution in [0.2, 0.25) is 0 Å². The molecule has 0 fully saturated rings. The second-order valence-corrected chi connectivity index (χ2v) is 7.53. The number of hydrogen-bond acceptors (Lipinski definition) is 3. The fourth-order valence-electron chi connectivity index (χ4n) is 2.25. The molecule has 2 aromatic carbocycles. The smallest absolute Gasteiger partial charge is 0.264 e. The zero-order valence-corrected chi connectivity index (χ0v) is 14.8. The highest BCUT2D eigenvalue weighted by molar-refractivity contribution is 7.92. The first-order chi connectivity index (χ1) is 11.4. The summed E-state index contributed by atoms with van der Waals surface area (Å²) in [5.41, 5.74) is 2.70. The summed E-state index contributed by atoms with van der Waals surface area (Å²) in [4.78, 5) is 0.268. The Morgan fingerprint density at radius 1 is 0.917 bits per heavy atom. The maximum atomic E-state index is 13.0. The predicted molar refractivity (Wildman–Crippen MR) is 97.7 cm³/mol. The van der Waals surface area contributed by atoms with E-state index in [0.717, 1.165) is 11.1 Å². The minimum atomic E-state index is -3.65. The van der Waals surface area contributed by atoms with Gasteiger partial charge in [0, 0.05) is 6.61 Å². The molecule has 128 valence electrons. The van der Waals surface area contributed by atoms with Gasteiger partial charge in [0.15, 0.2) is 0 Å². The molecule has 0 atom stereocenters. The van der Waals surface area contributed by atoms with Crippen molar-refractivity contribution < 1.29 is 13.5 Å². The van der Waals surface area contributed by atoms with Gasteiger partial charge < -0.3 is 5.11 Å². The van der Waals surface area contributed by atoms with E-state index in [-0.39, 0.29) is 18.0 Å². The first-order valence-electron chi connectivity index (χ1n) is 7.87. The Labute approximate surface area is 144 Å². The van der Waals surface area contributed by atoms with Crippen molar-refractivity contribution in [2.24, 2.45) is 0 Å². The lowest BCUT2D eigenvalue weighted by atomic mass is 10.2. The van der Waals surface area contributed by atoms with Crippen LogP contribution in [-0.2, 0) is 10.0 Å². The van der Waals surface area contributed by atoms with Crippen molar-refractivity contribution in [2.75, 3.05) is 17.5 Å². The van der Waals surface area contributed by atoms with E-state index in [2.05, 4.69) is 0 Å². The Hall–Kier alpha value is -2.11. The minimum absolute atomic E-state index is 0.0474. The van der Waals surface area contributed by atoms with E-state index in [9.17, 15) is 8.42 Å². The van der Waals surface area contributed by atoms with Gasteiger partial charge in [0.05, 0.1) is 17.1 Å². The minimum Gasteiger partial charge on any atom is -0.396 e. The average molecular weight is 345 g/mol. The maximum absolute atomic E-state index is 13.0. The van der Waals surface area contributed by atoms with E-state index in [1.807, 2.05) is 26.0 Å². The first-order valence-corrected chi connectivity index (χ1v) is 9.31. The van der Waals surface area contributed by atoms with Gasteiger partial charge in [0.25, 0.3) is 10.0 Å². The van der Waals surface area contributed by atoms with Crippen molar-refractivity contribution in [3.63, 3.8) is 0 Å². The quantitative estimate of drug-likeness (QED) is 0.782. The van der Waals surface area contributed by atoms with Crippen molar-refractivity contribution >= 4 is 15.7 Å². The van der Waals surface area contributed by atoms with Gasteiger partial charge in [-0.2, -0.15) is 0 Å². The van der Waals surface area contributed by atoms with Crippen LogP contribution < -0.4 is 4.31 Å². The summed E-state index contributed by atoms with van der Waals surface area (Å²) in [5, 5.41) is 8.86. The van der Waals surface area contributed by atoms with Gasteiger partial charge in [-0.1, -0.05) is 47.5 Å². The van der Waals surface area contributed by atoms with Gasteiger partial charge in [0.2, 0.25) is 0 Å². The van der Waals surface area contributed by atoms with Crippen LogP contribution in [0.4, 0.5) is 5.69 Å². The van der Waals surface area contributed by atoms with Gasteiger partial charge >= 0.3 is 0 Å². The zero-order chi connectivity index (χ0) is 17.6. The van der Waals surface area contributed by atoms with E-state index < -0.39 is 10.0 Å². The molecule has 0 saturated carbocycles. The van der Waals surface area contributed by atoms with Crippen LogP contribution in [0.15, 0.2) is 65.6 Å². The Balaban J connectivity index is 2.40. The van der Waals surface area contributed by atoms with Crippen LogP contribution in [0.1, 0.15) is 17.5 Å². The number of aryl methyl sites for hydroxylation is 2. The number of nitrogens with zero attached hydrogens (tertiary/aromatic N) is 1. The van der Waals surface area contributed by atoms with Gasteiger partial charge in [-0.25, -0.2) is 8.42 Å². The molecule has 0 aliphatic heterocycles. The number of aliphatic hydroxyl groups is 1. The van der Waals surface area contributed by atoms with Crippen LogP contribution in [0.3, 0.4) is 0 Å². The Morgan fingerprint density at radius 2 is 1.46 bits per heavy atom. The van der Waals surface area contributed by atoms with Crippen LogP contribution in [0.25, 0.3) is 0 Å². The summed E-state index contributed by atoms with van der Waals surface area (Å²) in [6, 6.07) is 14.2. The van der Waals surface area contributed by atoms with E-state index in [4.69, 9.17) is 5.11 Å². The molecular weight excluding hydrogens is 322 g/mol. The summed E-state index contributed by atoms with van der Waals surface area (Å²) in [7, 11) is -3.65. The number of hydrogen-bond donors (Lipinski definition) is 1. The molecule has 0 heterocycles. The molecule has 0 aromatic heterocycles. The van der Waals surface area contributed by atoms with Crippen molar-refractivity contribution in [3.8, 4) is 0 Å². The molecule has 0 bridgehead atoms. The normalized spacial score (nSPS) is 11.8. The lowest BCUT2D eigenvalue weighted by Crippen LogP contribution is -2.31. The third-order valence-electron chi connectivity index (χ3n) is 3.66. The second kappa shape index (κ2) is 8.13.